The summed E-state index contributed by atoms with van der Waals surface area (Å²) in [7, 11) is 0. The van der Waals surface area contributed by atoms with E-state index in [2.05, 4.69) is 132 Å². The molecule has 1 aromatic heterocycles. The summed E-state index contributed by atoms with van der Waals surface area (Å²) in [5, 5.41) is 9.92. The minimum absolute atomic E-state index is 0.0417. The van der Waals surface area contributed by atoms with Crippen LogP contribution >= 0.6 is 0 Å². The second-order valence-corrected chi connectivity index (χ2v) is 11.4. The van der Waals surface area contributed by atoms with Crippen molar-refractivity contribution < 1.29 is 0 Å². The molecule has 0 atom stereocenters. The van der Waals surface area contributed by atoms with E-state index in [1.165, 1.54) is 38.7 Å². The standard InChI is InChI=1S/C33H41N3/c1-22(2)27-15-11-16-28(23(3)4)32(27)34-21-26-13-10-17-30(36-26)31-25(20-35-33(5,6)7)19-18-24-12-8-9-14-29(24)31/h8-19,22-23,34-35H,20-21H2,1-7H3. The van der Waals surface area contributed by atoms with Gasteiger partial charge in [-0.3, -0.25) is 4.98 Å². The molecule has 1 heterocycles. The van der Waals surface area contributed by atoms with Gasteiger partial charge in [-0.05, 0) is 72.2 Å². The van der Waals surface area contributed by atoms with Crippen LogP contribution in [-0.4, -0.2) is 10.5 Å². The van der Waals surface area contributed by atoms with Crippen LogP contribution < -0.4 is 10.6 Å². The van der Waals surface area contributed by atoms with Crippen molar-refractivity contribution in [2.75, 3.05) is 5.32 Å². The lowest BCUT2D eigenvalue weighted by atomic mass is 9.92. The SMILES string of the molecule is CC(C)c1cccc(C(C)C)c1NCc1cccc(-c2c(CNC(C)(C)C)ccc3ccccc23)n1. The summed E-state index contributed by atoms with van der Waals surface area (Å²) in [6.45, 7) is 17.2. The maximum atomic E-state index is 5.17. The molecule has 36 heavy (non-hydrogen) atoms. The Balaban J connectivity index is 1.71. The Labute approximate surface area is 217 Å². The zero-order valence-corrected chi connectivity index (χ0v) is 22.9. The van der Waals surface area contributed by atoms with Gasteiger partial charge in [0.05, 0.1) is 17.9 Å². The largest absolute Gasteiger partial charge is 0.379 e. The molecule has 0 saturated carbocycles. The fourth-order valence-corrected chi connectivity index (χ4v) is 4.78. The summed E-state index contributed by atoms with van der Waals surface area (Å²) in [5.41, 5.74) is 8.59. The Morgan fingerprint density at radius 2 is 1.39 bits per heavy atom. The number of hydrogen-bond donors (Lipinski definition) is 2. The van der Waals surface area contributed by atoms with E-state index in [1.54, 1.807) is 0 Å². The van der Waals surface area contributed by atoms with Gasteiger partial charge in [0.15, 0.2) is 0 Å². The van der Waals surface area contributed by atoms with Gasteiger partial charge < -0.3 is 10.6 Å². The van der Waals surface area contributed by atoms with Crippen molar-refractivity contribution in [1.82, 2.24) is 10.3 Å². The molecule has 4 rings (SSSR count). The fraction of sp³-hybridized carbons (Fsp3) is 0.364. The Kier molecular flexibility index (Phi) is 7.80. The summed E-state index contributed by atoms with van der Waals surface area (Å²) in [5.74, 6) is 0.915. The first kappa shape index (κ1) is 25.9. The highest BCUT2D eigenvalue weighted by atomic mass is 14.9. The average Bonchev–Trinajstić information content (AvgIpc) is 2.85. The Morgan fingerprint density at radius 1 is 0.722 bits per heavy atom. The van der Waals surface area contributed by atoms with E-state index in [-0.39, 0.29) is 5.54 Å². The molecular weight excluding hydrogens is 438 g/mol. The second-order valence-electron chi connectivity index (χ2n) is 11.4. The molecule has 0 aliphatic rings. The van der Waals surface area contributed by atoms with E-state index in [0.29, 0.717) is 18.4 Å². The third kappa shape index (κ3) is 5.96. The van der Waals surface area contributed by atoms with Crippen LogP contribution in [0.4, 0.5) is 5.69 Å². The Bertz CT molecular complexity index is 1300. The molecule has 0 amide bonds. The quantitative estimate of drug-likeness (QED) is 0.265. The number of benzene rings is 3. The van der Waals surface area contributed by atoms with Crippen LogP contribution in [0.1, 0.15) is 82.7 Å². The van der Waals surface area contributed by atoms with Gasteiger partial charge in [-0.25, -0.2) is 0 Å². The van der Waals surface area contributed by atoms with Crippen molar-refractivity contribution in [1.29, 1.82) is 0 Å². The van der Waals surface area contributed by atoms with Gasteiger partial charge in [0.2, 0.25) is 0 Å². The van der Waals surface area contributed by atoms with Gasteiger partial charge in [0.25, 0.3) is 0 Å². The van der Waals surface area contributed by atoms with E-state index in [4.69, 9.17) is 4.98 Å². The van der Waals surface area contributed by atoms with Crippen LogP contribution in [0.3, 0.4) is 0 Å². The van der Waals surface area contributed by atoms with E-state index in [1.807, 2.05) is 0 Å². The van der Waals surface area contributed by atoms with Crippen LogP contribution in [0.5, 0.6) is 0 Å². The summed E-state index contributed by atoms with van der Waals surface area (Å²) >= 11 is 0. The molecule has 0 unspecified atom stereocenters. The van der Waals surface area contributed by atoms with Gasteiger partial charge >= 0.3 is 0 Å². The minimum Gasteiger partial charge on any atom is -0.379 e. The van der Waals surface area contributed by atoms with Gasteiger partial charge in [-0.15, -0.1) is 0 Å². The van der Waals surface area contributed by atoms with Crippen molar-refractivity contribution in [2.24, 2.45) is 0 Å². The van der Waals surface area contributed by atoms with Crippen LogP contribution in [0, 0.1) is 0 Å². The number of fused-ring (bicyclic) bond motifs is 1. The lowest BCUT2D eigenvalue weighted by Gasteiger charge is -2.23. The maximum Gasteiger partial charge on any atom is 0.0715 e. The third-order valence-corrected chi connectivity index (χ3v) is 6.71. The molecule has 3 nitrogen and oxygen atoms in total. The van der Waals surface area contributed by atoms with E-state index >= 15 is 0 Å². The van der Waals surface area contributed by atoms with Gasteiger partial charge in [-0.2, -0.15) is 0 Å². The molecule has 188 valence electrons. The van der Waals surface area contributed by atoms with E-state index in [9.17, 15) is 0 Å². The molecule has 3 heteroatoms. The van der Waals surface area contributed by atoms with Crippen molar-refractivity contribution in [3.05, 3.63) is 95.2 Å². The van der Waals surface area contributed by atoms with Crippen molar-refractivity contribution >= 4 is 16.5 Å². The molecule has 0 saturated heterocycles. The number of nitrogens with one attached hydrogen (secondary N) is 2. The van der Waals surface area contributed by atoms with Crippen molar-refractivity contribution in [2.45, 2.75) is 78.9 Å². The third-order valence-electron chi connectivity index (χ3n) is 6.71. The van der Waals surface area contributed by atoms with E-state index < -0.39 is 0 Å². The van der Waals surface area contributed by atoms with Crippen molar-refractivity contribution in [3.8, 4) is 11.3 Å². The molecule has 0 aliphatic heterocycles. The summed E-state index contributed by atoms with van der Waals surface area (Å²) < 4.78 is 0. The van der Waals surface area contributed by atoms with Crippen LogP contribution in [0.15, 0.2) is 72.8 Å². The number of nitrogens with zero attached hydrogens (tertiary/aromatic N) is 1. The van der Waals surface area contributed by atoms with Gasteiger partial charge in [0.1, 0.15) is 0 Å². The molecule has 0 bridgehead atoms. The maximum absolute atomic E-state index is 5.17. The first-order valence-corrected chi connectivity index (χ1v) is 13.2. The molecule has 2 N–H and O–H groups in total. The monoisotopic (exact) mass is 479 g/mol. The summed E-state index contributed by atoms with van der Waals surface area (Å²) in [4.78, 5) is 5.17. The van der Waals surface area contributed by atoms with E-state index in [0.717, 1.165) is 17.9 Å². The smallest absolute Gasteiger partial charge is 0.0715 e. The van der Waals surface area contributed by atoms with Crippen LogP contribution in [0.2, 0.25) is 0 Å². The molecule has 4 aromatic rings. The predicted molar refractivity (Wildman–Crippen MR) is 156 cm³/mol. The highest BCUT2D eigenvalue weighted by Gasteiger charge is 2.16. The lowest BCUT2D eigenvalue weighted by Crippen LogP contribution is -2.35. The second kappa shape index (κ2) is 10.8. The predicted octanol–water partition coefficient (Wildman–Crippen LogP) is 8.65. The average molecular weight is 480 g/mol. The molecule has 0 aliphatic carbocycles. The van der Waals surface area contributed by atoms with Crippen molar-refractivity contribution in [3.63, 3.8) is 0 Å². The number of rotatable bonds is 8. The molecule has 0 fully saturated rings. The first-order valence-electron chi connectivity index (χ1n) is 13.2. The lowest BCUT2D eigenvalue weighted by molar-refractivity contribution is 0.424. The molecular formula is C33H41N3. The number of aromatic nitrogens is 1. The molecule has 3 aromatic carbocycles. The highest BCUT2D eigenvalue weighted by molar-refractivity contribution is 5.97. The Morgan fingerprint density at radius 3 is 2.06 bits per heavy atom. The number of anilines is 1. The normalized spacial score (nSPS) is 12.0. The fourth-order valence-electron chi connectivity index (χ4n) is 4.78. The number of pyridine rings is 1. The zero-order valence-electron chi connectivity index (χ0n) is 22.9. The zero-order chi connectivity index (χ0) is 25.9. The number of para-hydroxylation sites is 1. The molecule has 0 spiro atoms. The van der Waals surface area contributed by atoms with Gasteiger partial charge in [0, 0.05) is 23.3 Å². The summed E-state index contributed by atoms with van der Waals surface area (Å²) in [6.07, 6.45) is 0. The highest BCUT2D eigenvalue weighted by Crippen LogP contribution is 2.34. The van der Waals surface area contributed by atoms with Gasteiger partial charge in [-0.1, -0.05) is 88.4 Å². The topological polar surface area (TPSA) is 37.0 Å². The van der Waals surface area contributed by atoms with Crippen LogP contribution in [0.25, 0.3) is 22.0 Å². The van der Waals surface area contributed by atoms with Crippen LogP contribution in [-0.2, 0) is 13.1 Å². The number of hydrogen-bond acceptors (Lipinski definition) is 3. The summed E-state index contributed by atoms with van der Waals surface area (Å²) in [6, 6.07) is 26.2. The minimum atomic E-state index is 0.0417. The molecule has 0 radical (unpaired) electrons. The first-order chi connectivity index (χ1) is 17.1. The Hall–Kier alpha value is -3.17.